The molecular formula is C23H20N2O5S2. The van der Waals surface area contributed by atoms with Crippen LogP contribution in [-0.2, 0) is 19.7 Å². The van der Waals surface area contributed by atoms with Gasteiger partial charge in [-0.2, -0.15) is 0 Å². The highest BCUT2D eigenvalue weighted by Crippen LogP contribution is 2.19. The summed E-state index contributed by atoms with van der Waals surface area (Å²) in [6.45, 7) is 3.65. The molecule has 0 N–H and O–H groups in total. The van der Waals surface area contributed by atoms with Crippen LogP contribution in [0.15, 0.2) is 77.3 Å². The van der Waals surface area contributed by atoms with Gasteiger partial charge in [0.25, 0.3) is 0 Å². The monoisotopic (exact) mass is 468 g/mol. The molecule has 0 amide bonds. The molecule has 4 aromatic rings. The molecule has 0 aliphatic carbocycles. The first-order valence-electron chi connectivity index (χ1n) is 9.28. The summed E-state index contributed by atoms with van der Waals surface area (Å²) in [5, 5.41) is 1.45. The van der Waals surface area contributed by atoms with Gasteiger partial charge in [-0.3, -0.25) is 14.8 Å². The zero-order valence-corrected chi connectivity index (χ0v) is 19.0. The van der Waals surface area contributed by atoms with Gasteiger partial charge >= 0.3 is 0 Å². The Morgan fingerprint density at radius 1 is 0.719 bits per heavy atom. The summed E-state index contributed by atoms with van der Waals surface area (Å²) in [6, 6.07) is 13.0. The average Bonchev–Trinajstić information content (AvgIpc) is 2.76. The van der Waals surface area contributed by atoms with Gasteiger partial charge in [0.15, 0.2) is 26.0 Å². The van der Waals surface area contributed by atoms with Crippen LogP contribution in [0.1, 0.15) is 15.9 Å². The van der Waals surface area contributed by atoms with Gasteiger partial charge in [-0.05, 0) is 54.1 Å². The Balaban J connectivity index is 0.000000181. The Kier molecular flexibility index (Phi) is 6.52. The number of pyridine rings is 2. The van der Waals surface area contributed by atoms with E-state index in [4.69, 9.17) is 0 Å². The average molecular weight is 469 g/mol. The minimum absolute atomic E-state index is 0.227. The third kappa shape index (κ3) is 5.43. The predicted molar refractivity (Wildman–Crippen MR) is 125 cm³/mol. The number of hydrogen-bond donors (Lipinski definition) is 0. The Morgan fingerprint density at radius 3 is 1.56 bits per heavy atom. The number of nitrogens with zero attached hydrogens (tertiary/aromatic N) is 2. The van der Waals surface area contributed by atoms with E-state index in [-0.39, 0.29) is 4.90 Å². The highest BCUT2D eigenvalue weighted by molar-refractivity contribution is 7.91. The van der Waals surface area contributed by atoms with E-state index in [1.165, 1.54) is 24.6 Å². The first-order valence-corrected chi connectivity index (χ1v) is 13.1. The summed E-state index contributed by atoms with van der Waals surface area (Å²) in [5.74, 6) is 0. The number of carbonyl (C=O) groups is 1. The van der Waals surface area contributed by atoms with Crippen molar-refractivity contribution in [2.45, 2.75) is 9.79 Å². The molecule has 0 saturated carbocycles. The van der Waals surface area contributed by atoms with Gasteiger partial charge in [-0.1, -0.05) is 12.7 Å². The molecule has 32 heavy (non-hydrogen) atoms. The number of sulfone groups is 2. The second-order valence-corrected chi connectivity index (χ2v) is 11.1. The van der Waals surface area contributed by atoms with Crippen molar-refractivity contribution in [2.24, 2.45) is 0 Å². The normalized spacial score (nSPS) is 11.6. The first-order chi connectivity index (χ1) is 15.0. The topological polar surface area (TPSA) is 111 Å². The number of fused-ring (bicyclic) bond motifs is 2. The fourth-order valence-electron chi connectivity index (χ4n) is 2.89. The fraction of sp³-hybridized carbons (Fsp3) is 0.0870. The maximum atomic E-state index is 11.4. The molecule has 0 fully saturated rings. The molecule has 2 heterocycles. The molecule has 164 valence electrons. The largest absolute Gasteiger partial charge is 0.298 e. The van der Waals surface area contributed by atoms with Crippen LogP contribution < -0.4 is 0 Å². The highest BCUT2D eigenvalue weighted by Gasteiger charge is 2.09. The highest BCUT2D eigenvalue weighted by atomic mass is 32.2. The van der Waals surface area contributed by atoms with Gasteiger partial charge in [0.1, 0.15) is 0 Å². The lowest BCUT2D eigenvalue weighted by Gasteiger charge is -2.02. The fourth-order valence-corrected chi connectivity index (χ4v) is 4.20. The zero-order valence-electron chi connectivity index (χ0n) is 17.4. The van der Waals surface area contributed by atoms with Gasteiger partial charge in [0, 0.05) is 41.2 Å². The number of aldehydes is 1. The molecular weight excluding hydrogens is 448 g/mol. The van der Waals surface area contributed by atoms with Crippen LogP contribution in [-0.4, -0.2) is 45.6 Å². The molecule has 0 spiro atoms. The summed E-state index contributed by atoms with van der Waals surface area (Å²) >= 11 is 0. The summed E-state index contributed by atoms with van der Waals surface area (Å²) < 4.78 is 45.5. The van der Waals surface area contributed by atoms with E-state index < -0.39 is 19.7 Å². The molecule has 2 aromatic carbocycles. The zero-order chi connectivity index (χ0) is 23.5. The summed E-state index contributed by atoms with van der Waals surface area (Å²) in [4.78, 5) is 19.4. The molecule has 0 unspecified atom stereocenters. The minimum atomic E-state index is -3.23. The van der Waals surface area contributed by atoms with E-state index in [1.807, 2.05) is 6.07 Å². The van der Waals surface area contributed by atoms with E-state index in [9.17, 15) is 21.6 Å². The van der Waals surface area contributed by atoms with Gasteiger partial charge < -0.3 is 0 Å². The van der Waals surface area contributed by atoms with Crippen LogP contribution in [0, 0.1) is 0 Å². The lowest BCUT2D eigenvalue weighted by Crippen LogP contribution is -1.97. The molecule has 0 aliphatic heterocycles. The quantitative estimate of drug-likeness (QED) is 0.420. The molecule has 4 rings (SSSR count). The van der Waals surface area contributed by atoms with Crippen molar-refractivity contribution in [3.05, 3.63) is 78.6 Å². The first kappa shape index (κ1) is 23.2. The molecule has 9 heteroatoms. The van der Waals surface area contributed by atoms with Gasteiger partial charge in [0.2, 0.25) is 0 Å². The minimum Gasteiger partial charge on any atom is -0.298 e. The van der Waals surface area contributed by atoms with Crippen molar-refractivity contribution in [3.63, 3.8) is 0 Å². The summed E-state index contributed by atoms with van der Waals surface area (Å²) in [5.41, 5.74) is 2.74. The molecule has 2 aromatic heterocycles. The maximum Gasteiger partial charge on any atom is 0.175 e. The number of aromatic nitrogens is 2. The third-order valence-electron chi connectivity index (χ3n) is 4.58. The second-order valence-electron chi connectivity index (χ2n) is 7.11. The van der Waals surface area contributed by atoms with Crippen LogP contribution in [0.5, 0.6) is 0 Å². The van der Waals surface area contributed by atoms with Crippen molar-refractivity contribution >= 4 is 53.8 Å². The van der Waals surface area contributed by atoms with E-state index in [1.54, 1.807) is 42.6 Å². The van der Waals surface area contributed by atoms with E-state index in [2.05, 4.69) is 16.5 Å². The molecule has 7 nitrogen and oxygen atoms in total. The number of hydrogen-bond acceptors (Lipinski definition) is 7. The molecule has 0 aliphatic rings. The number of carbonyl (C=O) groups excluding carboxylic acids is 1. The van der Waals surface area contributed by atoms with Gasteiger partial charge in [0.05, 0.1) is 20.8 Å². The Hall–Kier alpha value is -3.43. The van der Waals surface area contributed by atoms with Crippen LogP contribution in [0.3, 0.4) is 0 Å². The van der Waals surface area contributed by atoms with Crippen LogP contribution in [0.2, 0.25) is 0 Å². The van der Waals surface area contributed by atoms with Crippen LogP contribution >= 0.6 is 0 Å². The molecule has 0 saturated heterocycles. The SMILES string of the molecule is C=Cc1cnc2ccc(S(C)(=O)=O)cc2c1.CS(=O)(=O)c1ccc2ncc(C=O)cc2c1. The maximum absolute atomic E-state index is 11.4. The molecule has 0 radical (unpaired) electrons. The predicted octanol–water partition coefficient (Wildman–Crippen LogP) is 3.73. The van der Waals surface area contributed by atoms with Crippen molar-refractivity contribution in [1.29, 1.82) is 0 Å². The van der Waals surface area contributed by atoms with Crippen molar-refractivity contribution in [2.75, 3.05) is 12.5 Å². The van der Waals surface area contributed by atoms with Crippen molar-refractivity contribution in [1.82, 2.24) is 9.97 Å². The van der Waals surface area contributed by atoms with Crippen LogP contribution in [0.4, 0.5) is 0 Å². The van der Waals surface area contributed by atoms with E-state index in [0.29, 0.717) is 27.6 Å². The van der Waals surface area contributed by atoms with Gasteiger partial charge in [-0.25, -0.2) is 16.8 Å². The second kappa shape index (κ2) is 8.97. The molecule has 0 atom stereocenters. The number of rotatable bonds is 4. The Bertz CT molecular complexity index is 1440. The summed E-state index contributed by atoms with van der Waals surface area (Å²) in [7, 11) is -6.40. The lowest BCUT2D eigenvalue weighted by atomic mass is 10.1. The van der Waals surface area contributed by atoms with Crippen molar-refractivity contribution in [3.8, 4) is 0 Å². The lowest BCUT2D eigenvalue weighted by molar-refractivity contribution is 0.112. The van der Waals surface area contributed by atoms with E-state index >= 15 is 0 Å². The van der Waals surface area contributed by atoms with Crippen LogP contribution in [0.25, 0.3) is 27.9 Å². The van der Waals surface area contributed by atoms with E-state index in [0.717, 1.165) is 22.7 Å². The Labute approximate surface area is 186 Å². The standard InChI is InChI=1S/C12H11NO2S.C11H9NO3S/c1-3-9-6-10-7-11(16(2,14)15)4-5-12(10)13-8-9;1-16(14,15)10-2-3-11-9(5-10)4-8(7-13)6-12-11/h3-8H,1H2,2H3;2-7H,1H3. The van der Waals surface area contributed by atoms with Gasteiger partial charge in [-0.15, -0.1) is 0 Å². The number of benzene rings is 2. The third-order valence-corrected chi connectivity index (χ3v) is 6.80. The Morgan fingerprint density at radius 2 is 1.16 bits per heavy atom. The van der Waals surface area contributed by atoms with Crippen molar-refractivity contribution < 1.29 is 21.6 Å². The molecule has 0 bridgehead atoms. The smallest absolute Gasteiger partial charge is 0.175 e. The summed E-state index contributed by atoms with van der Waals surface area (Å²) in [6.07, 6.45) is 7.86.